The van der Waals surface area contributed by atoms with Crippen LogP contribution in [0.1, 0.15) is 31.0 Å². The van der Waals surface area contributed by atoms with Crippen LogP contribution in [0.25, 0.3) is 0 Å². The van der Waals surface area contributed by atoms with Crippen LogP contribution in [0.2, 0.25) is 0 Å². The largest absolute Gasteiger partial charge is 0.508 e. The number of nitrogens with zero attached hydrogens (tertiary/aromatic N) is 1. The van der Waals surface area contributed by atoms with E-state index >= 15 is 0 Å². The molecular formula is C21H29N3O3. The lowest BCUT2D eigenvalue weighted by atomic mass is 10.1. The molecule has 0 aliphatic rings. The normalized spacial score (nSPS) is 12.4. The summed E-state index contributed by atoms with van der Waals surface area (Å²) in [6.45, 7) is 5.46. The fourth-order valence-corrected chi connectivity index (χ4v) is 2.79. The zero-order valence-corrected chi connectivity index (χ0v) is 16.5. The molecule has 0 bridgehead atoms. The first-order valence-corrected chi connectivity index (χ1v) is 9.12. The fraction of sp³-hybridized carbons (Fsp3) is 0.381. The molecule has 0 fully saturated rings. The summed E-state index contributed by atoms with van der Waals surface area (Å²) in [5.41, 5.74) is 2.05. The van der Waals surface area contributed by atoms with Crippen LogP contribution in [0, 0.1) is 0 Å². The summed E-state index contributed by atoms with van der Waals surface area (Å²) < 4.78 is 10.8. The van der Waals surface area contributed by atoms with Crippen LogP contribution in [0.4, 0.5) is 0 Å². The number of aliphatic imine (C=N–C) groups is 1. The zero-order valence-electron chi connectivity index (χ0n) is 16.5. The number of hydrogen-bond acceptors (Lipinski definition) is 4. The molecule has 0 aromatic heterocycles. The van der Waals surface area contributed by atoms with Gasteiger partial charge in [0.2, 0.25) is 0 Å². The van der Waals surface area contributed by atoms with Crippen molar-refractivity contribution in [3.05, 3.63) is 53.6 Å². The van der Waals surface area contributed by atoms with Gasteiger partial charge < -0.3 is 25.2 Å². The van der Waals surface area contributed by atoms with E-state index in [9.17, 15) is 5.11 Å². The van der Waals surface area contributed by atoms with E-state index < -0.39 is 0 Å². The van der Waals surface area contributed by atoms with Gasteiger partial charge in [-0.15, -0.1) is 0 Å². The van der Waals surface area contributed by atoms with Gasteiger partial charge in [-0.1, -0.05) is 12.1 Å². The summed E-state index contributed by atoms with van der Waals surface area (Å²) in [5, 5.41) is 16.2. The van der Waals surface area contributed by atoms with Gasteiger partial charge >= 0.3 is 0 Å². The predicted molar refractivity (Wildman–Crippen MR) is 109 cm³/mol. The van der Waals surface area contributed by atoms with Gasteiger partial charge in [-0.25, -0.2) is 0 Å². The van der Waals surface area contributed by atoms with Crippen LogP contribution in [0.3, 0.4) is 0 Å². The van der Waals surface area contributed by atoms with Crippen LogP contribution in [-0.2, 0) is 6.42 Å². The second-order valence-electron chi connectivity index (χ2n) is 6.15. The number of aromatic hydroxyl groups is 1. The zero-order chi connectivity index (χ0) is 19.6. The number of ether oxygens (including phenoxy) is 2. The van der Waals surface area contributed by atoms with Crippen molar-refractivity contribution in [3.63, 3.8) is 0 Å². The first-order chi connectivity index (χ1) is 13.1. The molecule has 0 aliphatic carbocycles. The smallest absolute Gasteiger partial charge is 0.191 e. The maximum absolute atomic E-state index is 9.56. The Morgan fingerprint density at radius 2 is 1.96 bits per heavy atom. The third-order valence-electron chi connectivity index (χ3n) is 4.18. The molecule has 0 saturated carbocycles. The Hall–Kier alpha value is -2.89. The maximum Gasteiger partial charge on any atom is 0.191 e. The molecule has 0 amide bonds. The minimum atomic E-state index is -0.0198. The second kappa shape index (κ2) is 10.3. The first-order valence-electron chi connectivity index (χ1n) is 9.12. The van der Waals surface area contributed by atoms with Crippen molar-refractivity contribution in [1.29, 1.82) is 0 Å². The van der Waals surface area contributed by atoms with Crippen LogP contribution in [0.15, 0.2) is 47.5 Å². The highest BCUT2D eigenvalue weighted by Gasteiger charge is 2.14. The van der Waals surface area contributed by atoms with Crippen molar-refractivity contribution in [3.8, 4) is 17.2 Å². The van der Waals surface area contributed by atoms with Gasteiger partial charge in [0.25, 0.3) is 0 Å². The summed E-state index contributed by atoms with van der Waals surface area (Å²) in [6, 6.07) is 13.0. The molecule has 0 heterocycles. The Balaban J connectivity index is 2.08. The number of methoxy groups -OCH3 is 2. The Morgan fingerprint density at radius 1 is 1.15 bits per heavy atom. The van der Waals surface area contributed by atoms with Gasteiger partial charge in [-0.2, -0.15) is 0 Å². The van der Waals surface area contributed by atoms with Gasteiger partial charge in [-0.3, -0.25) is 4.99 Å². The molecule has 2 aromatic rings. The highest BCUT2D eigenvalue weighted by molar-refractivity contribution is 5.80. The molecule has 3 N–H and O–H groups in total. The summed E-state index contributed by atoms with van der Waals surface area (Å²) >= 11 is 0. The Labute approximate surface area is 161 Å². The highest BCUT2D eigenvalue weighted by atomic mass is 16.5. The van der Waals surface area contributed by atoms with E-state index in [1.54, 1.807) is 26.4 Å². The Morgan fingerprint density at radius 3 is 2.63 bits per heavy atom. The van der Waals surface area contributed by atoms with Crippen molar-refractivity contribution in [2.45, 2.75) is 26.3 Å². The predicted octanol–water partition coefficient (Wildman–Crippen LogP) is 3.27. The average molecular weight is 371 g/mol. The molecule has 146 valence electrons. The van der Waals surface area contributed by atoms with E-state index in [2.05, 4.69) is 22.5 Å². The lowest BCUT2D eigenvalue weighted by Gasteiger charge is -2.20. The molecule has 0 spiro atoms. The van der Waals surface area contributed by atoms with Crippen molar-refractivity contribution >= 4 is 5.96 Å². The molecule has 0 saturated heterocycles. The molecule has 27 heavy (non-hydrogen) atoms. The molecular weight excluding hydrogens is 342 g/mol. The van der Waals surface area contributed by atoms with Crippen molar-refractivity contribution in [2.75, 3.05) is 27.3 Å². The minimum Gasteiger partial charge on any atom is -0.508 e. The Bertz CT molecular complexity index is 762. The lowest BCUT2D eigenvalue weighted by molar-refractivity contribution is 0.394. The summed E-state index contributed by atoms with van der Waals surface area (Å²) in [7, 11) is 3.31. The topological polar surface area (TPSA) is 75.1 Å². The van der Waals surface area contributed by atoms with Crippen molar-refractivity contribution in [1.82, 2.24) is 10.6 Å². The number of rotatable bonds is 8. The first kappa shape index (κ1) is 20.4. The van der Waals surface area contributed by atoms with Crippen LogP contribution >= 0.6 is 0 Å². The van der Waals surface area contributed by atoms with Crippen LogP contribution < -0.4 is 20.1 Å². The van der Waals surface area contributed by atoms with Gasteiger partial charge in [0, 0.05) is 18.7 Å². The van der Waals surface area contributed by atoms with E-state index in [4.69, 9.17) is 9.47 Å². The number of benzene rings is 2. The summed E-state index contributed by atoms with van der Waals surface area (Å²) in [4.78, 5) is 4.64. The Kier molecular flexibility index (Phi) is 7.79. The number of phenolic OH excluding ortho intramolecular Hbond substituents is 1. The maximum atomic E-state index is 9.56. The quantitative estimate of drug-likeness (QED) is 0.491. The van der Waals surface area contributed by atoms with E-state index in [0.717, 1.165) is 41.6 Å². The van der Waals surface area contributed by atoms with Crippen LogP contribution in [-0.4, -0.2) is 38.4 Å². The minimum absolute atomic E-state index is 0.0198. The molecule has 1 unspecified atom stereocenters. The van der Waals surface area contributed by atoms with Gasteiger partial charge in [-0.05, 0) is 56.2 Å². The monoisotopic (exact) mass is 371 g/mol. The standard InChI is InChI=1S/C21H29N3O3/c1-5-22-21(23-12-11-16-7-6-8-17(25)13-16)24-15(2)19-14-18(26-3)9-10-20(19)27-4/h6-10,13-15,25H,5,11-12H2,1-4H3,(H2,22,23,24). The fourth-order valence-electron chi connectivity index (χ4n) is 2.79. The number of nitrogens with one attached hydrogen (secondary N) is 2. The van der Waals surface area contributed by atoms with Crippen LogP contribution in [0.5, 0.6) is 17.2 Å². The average Bonchev–Trinajstić information content (AvgIpc) is 2.67. The molecule has 0 radical (unpaired) electrons. The van der Waals surface area contributed by atoms with Crippen molar-refractivity contribution in [2.24, 2.45) is 4.99 Å². The number of hydrogen-bond donors (Lipinski definition) is 3. The van der Waals surface area contributed by atoms with E-state index in [1.165, 1.54) is 0 Å². The molecule has 6 heteroatoms. The van der Waals surface area contributed by atoms with E-state index in [1.807, 2.05) is 37.3 Å². The molecule has 6 nitrogen and oxygen atoms in total. The van der Waals surface area contributed by atoms with E-state index in [-0.39, 0.29) is 11.8 Å². The molecule has 2 aromatic carbocycles. The van der Waals surface area contributed by atoms with Crippen molar-refractivity contribution < 1.29 is 14.6 Å². The highest BCUT2D eigenvalue weighted by Crippen LogP contribution is 2.29. The summed E-state index contributed by atoms with van der Waals surface area (Å²) in [6.07, 6.45) is 0.752. The number of guanidine groups is 1. The lowest BCUT2D eigenvalue weighted by Crippen LogP contribution is -2.39. The third-order valence-corrected chi connectivity index (χ3v) is 4.18. The van der Waals surface area contributed by atoms with Gasteiger partial charge in [0.1, 0.15) is 17.2 Å². The van der Waals surface area contributed by atoms with E-state index in [0.29, 0.717) is 6.54 Å². The number of phenols is 1. The second-order valence-corrected chi connectivity index (χ2v) is 6.15. The third kappa shape index (κ3) is 6.09. The van der Waals surface area contributed by atoms with Gasteiger partial charge in [0.05, 0.1) is 20.3 Å². The van der Waals surface area contributed by atoms with Gasteiger partial charge in [0.15, 0.2) is 5.96 Å². The molecule has 0 aliphatic heterocycles. The summed E-state index contributed by atoms with van der Waals surface area (Å²) in [5.74, 6) is 2.59. The SMILES string of the molecule is CCNC(=NCCc1cccc(O)c1)NC(C)c1cc(OC)ccc1OC. The molecule has 1 atom stereocenters. The molecule has 2 rings (SSSR count).